The Morgan fingerprint density at radius 1 is 1.47 bits per heavy atom. The topological polar surface area (TPSA) is 115 Å². The molecule has 0 fully saturated rings. The maximum atomic E-state index is 11.4. The van der Waals surface area contributed by atoms with Crippen LogP contribution in [0.1, 0.15) is 19.8 Å². The maximum Gasteiger partial charge on any atom is 0.220 e. The van der Waals surface area contributed by atoms with Gasteiger partial charge >= 0.3 is 0 Å². The van der Waals surface area contributed by atoms with Crippen LogP contribution in [0.3, 0.4) is 0 Å². The van der Waals surface area contributed by atoms with E-state index in [0.717, 1.165) is 0 Å². The Balaban J connectivity index is 4.06. The highest BCUT2D eigenvalue weighted by Crippen LogP contribution is 1.99. The van der Waals surface area contributed by atoms with Gasteiger partial charge in [-0.1, -0.05) is 12.2 Å². The van der Waals surface area contributed by atoms with E-state index in [4.69, 9.17) is 11.5 Å². The summed E-state index contributed by atoms with van der Waals surface area (Å²) in [6.45, 7) is 1.55. The Bertz CT molecular complexity index is 339. The van der Waals surface area contributed by atoms with Gasteiger partial charge in [0, 0.05) is 13.0 Å². The molecule has 8 heteroatoms. The lowest BCUT2D eigenvalue weighted by Gasteiger charge is -2.11. The quantitative estimate of drug-likeness (QED) is 0.391. The predicted molar refractivity (Wildman–Crippen MR) is 61.6 cm³/mol. The largest absolute Gasteiger partial charge is 0.392 e. The van der Waals surface area contributed by atoms with Crippen molar-refractivity contribution in [2.45, 2.75) is 25.0 Å². The van der Waals surface area contributed by atoms with Gasteiger partial charge in [-0.2, -0.15) is 0 Å². The summed E-state index contributed by atoms with van der Waals surface area (Å²) in [5.74, 6) is -0.461. The molecule has 0 heterocycles. The van der Waals surface area contributed by atoms with Gasteiger partial charge in [-0.25, -0.2) is 13.1 Å². The van der Waals surface area contributed by atoms with Crippen LogP contribution >= 0.6 is 12.2 Å². The van der Waals surface area contributed by atoms with Crippen molar-refractivity contribution in [1.29, 1.82) is 0 Å². The Hall–Kier alpha value is -0.730. The Morgan fingerprint density at radius 3 is 2.40 bits per heavy atom. The van der Waals surface area contributed by atoms with Gasteiger partial charge in [0.1, 0.15) is 5.25 Å². The fraction of sp³-hybridized carbons (Fsp3) is 0.714. The van der Waals surface area contributed by atoms with Crippen LogP contribution in [0.15, 0.2) is 0 Å². The van der Waals surface area contributed by atoms with Crippen molar-refractivity contribution in [2.24, 2.45) is 11.5 Å². The molecule has 0 aromatic heterocycles. The number of carbonyl (C=O) groups is 1. The number of rotatable bonds is 7. The lowest BCUT2D eigenvalue weighted by atomic mass is 10.3. The van der Waals surface area contributed by atoms with Gasteiger partial charge in [0.2, 0.25) is 15.9 Å². The lowest BCUT2D eigenvalue weighted by molar-refractivity contribution is -0.118. The molecule has 1 atom stereocenters. The van der Waals surface area contributed by atoms with E-state index in [1.54, 1.807) is 0 Å². The van der Waals surface area contributed by atoms with E-state index in [2.05, 4.69) is 16.9 Å². The van der Waals surface area contributed by atoms with Crippen LogP contribution in [0.4, 0.5) is 0 Å². The molecule has 0 saturated carbocycles. The van der Waals surface area contributed by atoms with Crippen LogP contribution in [-0.2, 0) is 14.8 Å². The third kappa shape index (κ3) is 5.65. The van der Waals surface area contributed by atoms with E-state index in [9.17, 15) is 13.2 Å². The Labute approximate surface area is 94.4 Å². The second-order valence-electron chi connectivity index (χ2n) is 3.05. The number of sulfonamides is 1. The zero-order valence-corrected chi connectivity index (χ0v) is 10.0. The van der Waals surface area contributed by atoms with Crippen molar-refractivity contribution in [3.05, 3.63) is 0 Å². The summed E-state index contributed by atoms with van der Waals surface area (Å²) >= 11 is 4.57. The molecule has 0 rings (SSSR count). The van der Waals surface area contributed by atoms with Crippen LogP contribution in [0.25, 0.3) is 0 Å². The molecule has 0 radical (unpaired) electrons. The first-order valence-corrected chi connectivity index (χ1v) is 6.29. The zero-order chi connectivity index (χ0) is 12.1. The molecule has 0 aliphatic rings. The number of thiocarbonyl (C=S) groups is 1. The summed E-state index contributed by atoms with van der Waals surface area (Å²) in [5, 5.41) is -0.916. The third-order valence-corrected chi connectivity index (χ3v) is 4.06. The first kappa shape index (κ1) is 14.3. The SMILES string of the molecule is CC(C(N)=S)S(=O)(=O)NCCCC(N)=O. The van der Waals surface area contributed by atoms with Crippen LogP contribution in [-0.4, -0.2) is 31.1 Å². The highest BCUT2D eigenvalue weighted by molar-refractivity contribution is 7.93. The van der Waals surface area contributed by atoms with Gasteiger partial charge in [-0.05, 0) is 13.3 Å². The van der Waals surface area contributed by atoms with E-state index in [1.165, 1.54) is 6.92 Å². The number of amides is 1. The van der Waals surface area contributed by atoms with Crippen LogP contribution in [0.5, 0.6) is 0 Å². The first-order valence-electron chi connectivity index (χ1n) is 4.33. The molecule has 0 saturated heterocycles. The minimum atomic E-state index is -3.53. The fourth-order valence-electron chi connectivity index (χ4n) is 0.755. The number of carbonyl (C=O) groups excluding carboxylic acids is 1. The number of nitrogens with one attached hydrogen (secondary N) is 1. The van der Waals surface area contributed by atoms with Gasteiger partial charge in [0.15, 0.2) is 0 Å². The number of hydrogen-bond acceptors (Lipinski definition) is 4. The minimum Gasteiger partial charge on any atom is -0.392 e. The molecule has 0 aromatic carbocycles. The molecule has 0 aliphatic carbocycles. The zero-order valence-electron chi connectivity index (χ0n) is 8.39. The predicted octanol–water partition coefficient (Wildman–Crippen LogP) is -1.15. The van der Waals surface area contributed by atoms with Crippen molar-refractivity contribution in [1.82, 2.24) is 4.72 Å². The summed E-state index contributed by atoms with van der Waals surface area (Å²) < 4.78 is 25.1. The van der Waals surface area contributed by atoms with E-state index in [-0.39, 0.29) is 18.0 Å². The average molecular weight is 253 g/mol. The van der Waals surface area contributed by atoms with Crippen molar-refractivity contribution in [3.8, 4) is 0 Å². The molecule has 0 aromatic rings. The molecule has 0 aliphatic heterocycles. The van der Waals surface area contributed by atoms with Crippen molar-refractivity contribution < 1.29 is 13.2 Å². The number of primary amides is 1. The van der Waals surface area contributed by atoms with Crippen molar-refractivity contribution in [2.75, 3.05) is 6.54 Å². The summed E-state index contributed by atoms with van der Waals surface area (Å²) in [6.07, 6.45) is 0.503. The first-order chi connectivity index (χ1) is 6.77. The maximum absolute atomic E-state index is 11.4. The second kappa shape index (κ2) is 5.99. The normalized spacial score (nSPS) is 13.4. The molecule has 1 unspecified atom stereocenters. The third-order valence-electron chi connectivity index (χ3n) is 1.77. The molecular formula is C7H15N3O3S2. The number of nitrogens with two attached hydrogens (primary N) is 2. The second-order valence-corrected chi connectivity index (χ2v) is 5.61. The van der Waals surface area contributed by atoms with Crippen LogP contribution < -0.4 is 16.2 Å². The summed E-state index contributed by atoms with van der Waals surface area (Å²) in [6, 6.07) is 0. The Kier molecular flexibility index (Phi) is 5.69. The summed E-state index contributed by atoms with van der Waals surface area (Å²) in [5.41, 5.74) is 10.1. The highest BCUT2D eigenvalue weighted by atomic mass is 32.2. The molecule has 0 spiro atoms. The van der Waals surface area contributed by atoms with Crippen LogP contribution in [0.2, 0.25) is 0 Å². The summed E-state index contributed by atoms with van der Waals surface area (Å²) in [4.78, 5) is 10.3. The van der Waals surface area contributed by atoms with Gasteiger partial charge in [0.05, 0.1) is 4.99 Å². The standard InChI is InChI=1S/C7H15N3O3S2/c1-5(7(9)14)15(12,13)10-4-2-3-6(8)11/h5,10H,2-4H2,1H3,(H2,8,11)(H2,9,14). The van der Waals surface area contributed by atoms with E-state index >= 15 is 0 Å². The van der Waals surface area contributed by atoms with Crippen molar-refractivity contribution >= 4 is 33.1 Å². The molecule has 6 nitrogen and oxygen atoms in total. The molecule has 0 bridgehead atoms. The van der Waals surface area contributed by atoms with E-state index in [0.29, 0.717) is 6.42 Å². The van der Waals surface area contributed by atoms with Gasteiger partial charge in [-0.3, -0.25) is 4.79 Å². The molecule has 5 N–H and O–H groups in total. The molecule has 88 valence electrons. The van der Waals surface area contributed by atoms with E-state index < -0.39 is 21.2 Å². The van der Waals surface area contributed by atoms with Gasteiger partial charge in [-0.15, -0.1) is 0 Å². The lowest BCUT2D eigenvalue weighted by Crippen LogP contribution is -2.40. The summed E-state index contributed by atoms with van der Waals surface area (Å²) in [7, 11) is -3.53. The van der Waals surface area contributed by atoms with Crippen molar-refractivity contribution in [3.63, 3.8) is 0 Å². The Morgan fingerprint density at radius 2 is 2.00 bits per heavy atom. The molecule has 15 heavy (non-hydrogen) atoms. The average Bonchev–Trinajstić information content (AvgIpc) is 2.10. The number of hydrogen-bond donors (Lipinski definition) is 3. The van der Waals surface area contributed by atoms with Gasteiger partial charge in [0.25, 0.3) is 0 Å². The highest BCUT2D eigenvalue weighted by Gasteiger charge is 2.22. The fourth-order valence-corrected chi connectivity index (χ4v) is 2.12. The molecular weight excluding hydrogens is 238 g/mol. The van der Waals surface area contributed by atoms with E-state index in [1.807, 2.05) is 0 Å². The van der Waals surface area contributed by atoms with Crippen LogP contribution in [0, 0.1) is 0 Å². The smallest absolute Gasteiger partial charge is 0.220 e. The monoisotopic (exact) mass is 253 g/mol. The minimum absolute atomic E-state index is 0.0857. The van der Waals surface area contributed by atoms with Gasteiger partial charge < -0.3 is 11.5 Å². The molecule has 1 amide bonds.